The van der Waals surface area contributed by atoms with Crippen LogP contribution in [-0.4, -0.2) is 19.4 Å². The topological polar surface area (TPSA) is 109 Å². The number of hydrogen-bond acceptors (Lipinski definition) is 5. The monoisotopic (exact) mass is 372 g/mol. The fourth-order valence-corrected chi connectivity index (χ4v) is 3.22. The summed E-state index contributed by atoms with van der Waals surface area (Å²) in [5.74, 6) is -0.0200. The van der Waals surface area contributed by atoms with E-state index in [2.05, 4.69) is 10.0 Å². The minimum atomic E-state index is -3.73. The summed E-state index contributed by atoms with van der Waals surface area (Å²) in [7, 11) is -3.73. The second-order valence-electron chi connectivity index (χ2n) is 5.40. The number of furan rings is 1. The Balaban J connectivity index is 1.69. The molecule has 0 saturated heterocycles. The number of carbonyl (C=O) groups is 1. The maximum absolute atomic E-state index is 12.3. The number of nitrogens with one attached hydrogen (secondary N) is 2. The molecule has 0 radical (unpaired) electrons. The molecule has 1 amide bonds. The van der Waals surface area contributed by atoms with Crippen LogP contribution in [0, 0.1) is 0 Å². The Hall–Kier alpha value is -3.10. The molecule has 3 aromatic rings. The van der Waals surface area contributed by atoms with Gasteiger partial charge >= 0.3 is 0 Å². The summed E-state index contributed by atoms with van der Waals surface area (Å²) in [6.07, 6.45) is 1.46. The highest BCUT2D eigenvalue weighted by Crippen LogP contribution is 2.22. The first-order valence-corrected chi connectivity index (χ1v) is 9.15. The average Bonchev–Trinajstić information content (AvgIpc) is 3.16. The van der Waals surface area contributed by atoms with Crippen molar-refractivity contribution in [2.75, 3.05) is 5.32 Å². The van der Waals surface area contributed by atoms with E-state index in [4.69, 9.17) is 4.42 Å². The molecule has 2 aromatic carbocycles. The molecule has 8 heteroatoms. The largest absolute Gasteiger partial charge is 0.506 e. The molecule has 3 rings (SSSR count). The summed E-state index contributed by atoms with van der Waals surface area (Å²) in [5.41, 5.74) is 0.535. The molecule has 0 aliphatic heterocycles. The minimum absolute atomic E-state index is 0.0307. The maximum atomic E-state index is 12.3. The smallest absolute Gasteiger partial charge is 0.255 e. The van der Waals surface area contributed by atoms with Gasteiger partial charge in [0, 0.05) is 5.56 Å². The Morgan fingerprint density at radius 2 is 1.73 bits per heavy atom. The predicted octanol–water partition coefficient (Wildman–Crippen LogP) is 2.72. The summed E-state index contributed by atoms with van der Waals surface area (Å²) in [6, 6.07) is 15.1. The summed E-state index contributed by atoms with van der Waals surface area (Å²) in [6.45, 7) is 0.0326. The lowest BCUT2D eigenvalue weighted by atomic mass is 10.2. The number of rotatable bonds is 6. The van der Waals surface area contributed by atoms with E-state index >= 15 is 0 Å². The van der Waals surface area contributed by atoms with Crippen molar-refractivity contribution in [2.45, 2.75) is 11.4 Å². The van der Waals surface area contributed by atoms with Crippen molar-refractivity contribution in [1.29, 1.82) is 0 Å². The number of amides is 1. The molecule has 0 aliphatic carbocycles. The van der Waals surface area contributed by atoms with Crippen molar-refractivity contribution in [3.63, 3.8) is 0 Å². The first-order chi connectivity index (χ1) is 12.5. The summed E-state index contributed by atoms with van der Waals surface area (Å²) in [5, 5.41) is 12.2. The zero-order chi connectivity index (χ0) is 18.6. The Morgan fingerprint density at radius 1 is 1.00 bits per heavy atom. The Morgan fingerprint density at radius 3 is 2.38 bits per heavy atom. The molecule has 0 bridgehead atoms. The molecule has 134 valence electrons. The molecule has 1 heterocycles. The molecule has 0 spiro atoms. The number of phenolic OH excluding ortho intramolecular Hbond substituents is 1. The molecule has 0 aliphatic rings. The zero-order valence-electron chi connectivity index (χ0n) is 13.5. The lowest BCUT2D eigenvalue weighted by molar-refractivity contribution is 0.102. The van der Waals surface area contributed by atoms with E-state index in [1.807, 2.05) is 0 Å². The van der Waals surface area contributed by atoms with Gasteiger partial charge in [-0.05, 0) is 48.5 Å². The van der Waals surface area contributed by atoms with Crippen molar-refractivity contribution >= 4 is 21.6 Å². The van der Waals surface area contributed by atoms with Gasteiger partial charge in [0.05, 0.1) is 23.4 Å². The van der Waals surface area contributed by atoms with Gasteiger partial charge in [0.2, 0.25) is 10.0 Å². The number of anilines is 1. The average molecular weight is 372 g/mol. The number of benzene rings is 2. The molecule has 1 aromatic heterocycles. The third-order valence-electron chi connectivity index (χ3n) is 3.60. The summed E-state index contributed by atoms with van der Waals surface area (Å²) in [4.78, 5) is 12.2. The quantitative estimate of drug-likeness (QED) is 0.577. The van der Waals surface area contributed by atoms with Gasteiger partial charge in [-0.1, -0.05) is 12.1 Å². The summed E-state index contributed by atoms with van der Waals surface area (Å²) >= 11 is 0. The van der Waals surface area contributed by atoms with E-state index < -0.39 is 15.9 Å². The molecule has 26 heavy (non-hydrogen) atoms. The van der Waals surface area contributed by atoms with E-state index in [9.17, 15) is 18.3 Å². The Kier molecular flexibility index (Phi) is 5.06. The van der Waals surface area contributed by atoms with E-state index in [1.165, 1.54) is 36.6 Å². The highest BCUT2D eigenvalue weighted by Gasteiger charge is 2.16. The molecular weight excluding hydrogens is 356 g/mol. The van der Waals surface area contributed by atoms with Crippen LogP contribution in [0.25, 0.3) is 0 Å². The van der Waals surface area contributed by atoms with Crippen molar-refractivity contribution in [3.05, 3.63) is 78.3 Å². The van der Waals surface area contributed by atoms with Crippen LogP contribution in [0.5, 0.6) is 5.75 Å². The third kappa shape index (κ3) is 4.11. The molecule has 0 saturated carbocycles. The van der Waals surface area contributed by atoms with Gasteiger partial charge in [0.15, 0.2) is 0 Å². The number of para-hydroxylation sites is 2. The van der Waals surface area contributed by atoms with E-state index in [0.717, 1.165) is 0 Å². The van der Waals surface area contributed by atoms with Gasteiger partial charge < -0.3 is 14.8 Å². The number of sulfonamides is 1. The van der Waals surface area contributed by atoms with Crippen LogP contribution in [-0.2, 0) is 16.6 Å². The molecule has 7 nitrogen and oxygen atoms in total. The number of phenols is 1. The highest BCUT2D eigenvalue weighted by molar-refractivity contribution is 7.89. The summed E-state index contributed by atoms with van der Waals surface area (Å²) < 4.78 is 32.0. The van der Waals surface area contributed by atoms with Gasteiger partial charge in [-0.3, -0.25) is 4.79 Å². The van der Waals surface area contributed by atoms with Crippen LogP contribution >= 0.6 is 0 Å². The van der Waals surface area contributed by atoms with Crippen LogP contribution < -0.4 is 10.0 Å². The predicted molar refractivity (Wildman–Crippen MR) is 95.2 cm³/mol. The van der Waals surface area contributed by atoms with Crippen molar-refractivity contribution in [2.24, 2.45) is 0 Å². The lowest BCUT2D eigenvalue weighted by Gasteiger charge is -2.08. The standard InChI is InChI=1S/C18H16N2O5S/c21-17-6-2-1-5-16(17)20-18(22)13-7-9-15(10-8-13)26(23,24)19-12-14-4-3-11-25-14/h1-11,19,21H,12H2,(H,20,22). The Labute approximate surface area is 150 Å². The molecule has 3 N–H and O–H groups in total. The number of aromatic hydroxyl groups is 1. The number of carbonyl (C=O) groups excluding carboxylic acids is 1. The van der Waals surface area contributed by atoms with Crippen molar-refractivity contribution in [3.8, 4) is 5.75 Å². The lowest BCUT2D eigenvalue weighted by Crippen LogP contribution is -2.23. The van der Waals surface area contributed by atoms with E-state index in [-0.39, 0.29) is 28.4 Å². The van der Waals surface area contributed by atoms with Crippen LogP contribution in [0.4, 0.5) is 5.69 Å². The van der Waals surface area contributed by atoms with Crippen LogP contribution in [0.3, 0.4) is 0 Å². The third-order valence-corrected chi connectivity index (χ3v) is 5.01. The van der Waals surface area contributed by atoms with Crippen LogP contribution in [0.1, 0.15) is 16.1 Å². The van der Waals surface area contributed by atoms with Crippen molar-refractivity contribution in [1.82, 2.24) is 4.72 Å². The first kappa shape index (κ1) is 17.7. The van der Waals surface area contributed by atoms with Gasteiger partial charge in [-0.15, -0.1) is 0 Å². The molecule has 0 unspecified atom stereocenters. The molecule has 0 atom stereocenters. The second kappa shape index (κ2) is 7.42. The van der Waals surface area contributed by atoms with E-state index in [0.29, 0.717) is 5.76 Å². The Bertz CT molecular complexity index is 996. The minimum Gasteiger partial charge on any atom is -0.506 e. The van der Waals surface area contributed by atoms with Crippen LogP contribution in [0.15, 0.2) is 76.2 Å². The molecular formula is C18H16N2O5S. The normalized spacial score (nSPS) is 11.2. The molecule has 0 fully saturated rings. The van der Waals surface area contributed by atoms with E-state index in [1.54, 1.807) is 30.3 Å². The SMILES string of the molecule is O=C(Nc1ccccc1O)c1ccc(S(=O)(=O)NCc2ccco2)cc1. The zero-order valence-corrected chi connectivity index (χ0v) is 14.4. The maximum Gasteiger partial charge on any atom is 0.255 e. The van der Waals surface area contributed by atoms with Gasteiger partial charge in [0.1, 0.15) is 11.5 Å². The fraction of sp³-hybridized carbons (Fsp3) is 0.0556. The second-order valence-corrected chi connectivity index (χ2v) is 7.17. The van der Waals surface area contributed by atoms with Crippen LogP contribution in [0.2, 0.25) is 0 Å². The fourth-order valence-electron chi connectivity index (χ4n) is 2.22. The number of hydrogen-bond donors (Lipinski definition) is 3. The van der Waals surface area contributed by atoms with Gasteiger partial charge in [-0.25, -0.2) is 13.1 Å². The highest BCUT2D eigenvalue weighted by atomic mass is 32.2. The first-order valence-electron chi connectivity index (χ1n) is 7.67. The van der Waals surface area contributed by atoms with Crippen molar-refractivity contribution < 1.29 is 22.7 Å². The van der Waals surface area contributed by atoms with Gasteiger partial charge in [0.25, 0.3) is 5.91 Å². The van der Waals surface area contributed by atoms with Gasteiger partial charge in [-0.2, -0.15) is 0 Å².